The number of hydrogen-bond acceptors (Lipinski definition) is 3. The molecule has 1 saturated heterocycles. The summed E-state index contributed by atoms with van der Waals surface area (Å²) in [5.74, 6) is 0. The van der Waals surface area contributed by atoms with Gasteiger partial charge in [0.25, 0.3) is 0 Å². The van der Waals surface area contributed by atoms with E-state index < -0.39 is 0 Å². The Morgan fingerprint density at radius 1 is 1.53 bits per heavy atom. The van der Waals surface area contributed by atoms with Crippen molar-refractivity contribution in [3.05, 3.63) is 21.9 Å². The molecule has 2 heterocycles. The van der Waals surface area contributed by atoms with Gasteiger partial charge in [0.2, 0.25) is 0 Å². The van der Waals surface area contributed by atoms with E-state index in [1.807, 2.05) is 11.3 Å². The molecule has 1 aliphatic rings. The Morgan fingerprint density at radius 2 is 2.35 bits per heavy atom. The van der Waals surface area contributed by atoms with Crippen LogP contribution in [0.2, 0.25) is 0 Å². The molecule has 0 spiro atoms. The lowest BCUT2D eigenvalue weighted by molar-refractivity contribution is 0.294. The number of nitrogens with one attached hydrogen (secondary N) is 1. The predicted molar refractivity (Wildman–Crippen MR) is 75.8 cm³/mol. The zero-order valence-corrected chi connectivity index (χ0v) is 12.0. The molecule has 2 unspecified atom stereocenters. The van der Waals surface area contributed by atoms with Crippen LogP contribution in [0.5, 0.6) is 0 Å². The maximum absolute atomic E-state index is 3.68. The van der Waals surface area contributed by atoms with E-state index in [-0.39, 0.29) is 0 Å². The zero-order valence-electron chi connectivity index (χ0n) is 11.2. The van der Waals surface area contributed by atoms with Gasteiger partial charge in [0, 0.05) is 28.4 Å². The number of rotatable bonds is 5. The van der Waals surface area contributed by atoms with Gasteiger partial charge in [-0.25, -0.2) is 0 Å². The van der Waals surface area contributed by atoms with Crippen LogP contribution in [-0.2, 0) is 6.42 Å². The van der Waals surface area contributed by atoms with Crippen LogP contribution in [0.1, 0.15) is 42.5 Å². The number of hydrogen-bond donors (Lipinski definition) is 1. The second-order valence-electron chi connectivity index (χ2n) is 5.06. The Bertz CT molecular complexity index is 348. The average Bonchev–Trinajstić information content (AvgIpc) is 2.94. The van der Waals surface area contributed by atoms with Gasteiger partial charge in [0.05, 0.1) is 0 Å². The first-order valence-electron chi connectivity index (χ1n) is 6.73. The van der Waals surface area contributed by atoms with Crippen LogP contribution in [-0.4, -0.2) is 31.1 Å². The fourth-order valence-corrected chi connectivity index (χ4v) is 3.45. The number of likely N-dealkylation sites (N-methyl/N-ethyl adjacent to an activating group) is 1. The van der Waals surface area contributed by atoms with Crippen molar-refractivity contribution in [2.24, 2.45) is 0 Å². The summed E-state index contributed by atoms with van der Waals surface area (Å²) in [6, 6.07) is 5.77. The molecule has 1 aromatic heterocycles. The van der Waals surface area contributed by atoms with E-state index in [1.54, 1.807) is 0 Å². The van der Waals surface area contributed by atoms with E-state index in [4.69, 9.17) is 0 Å². The van der Waals surface area contributed by atoms with Crippen LogP contribution in [0, 0.1) is 0 Å². The van der Waals surface area contributed by atoms with Crippen molar-refractivity contribution in [2.75, 3.05) is 20.1 Å². The smallest absolute Gasteiger partial charge is 0.0386 e. The van der Waals surface area contributed by atoms with Crippen LogP contribution in [0.4, 0.5) is 0 Å². The maximum atomic E-state index is 3.68. The molecule has 1 fully saturated rings. The van der Waals surface area contributed by atoms with Crippen LogP contribution >= 0.6 is 11.3 Å². The fourth-order valence-electron chi connectivity index (χ4n) is 2.47. The van der Waals surface area contributed by atoms with Crippen LogP contribution in [0.3, 0.4) is 0 Å². The monoisotopic (exact) mass is 252 g/mol. The zero-order chi connectivity index (χ0) is 12.3. The van der Waals surface area contributed by atoms with Crippen LogP contribution in [0.25, 0.3) is 0 Å². The first kappa shape index (κ1) is 13.1. The Labute approximate surface area is 109 Å². The van der Waals surface area contributed by atoms with Gasteiger partial charge in [-0.05, 0) is 51.9 Å². The summed E-state index contributed by atoms with van der Waals surface area (Å²) in [7, 11) is 2.24. The molecule has 2 nitrogen and oxygen atoms in total. The van der Waals surface area contributed by atoms with Gasteiger partial charge in [-0.1, -0.05) is 6.92 Å². The minimum Gasteiger partial charge on any atom is -0.308 e. The van der Waals surface area contributed by atoms with Crippen molar-refractivity contribution < 1.29 is 0 Å². The van der Waals surface area contributed by atoms with E-state index in [9.17, 15) is 0 Å². The highest BCUT2D eigenvalue weighted by Gasteiger charge is 2.21. The topological polar surface area (TPSA) is 15.3 Å². The van der Waals surface area contributed by atoms with Crippen molar-refractivity contribution in [1.29, 1.82) is 0 Å². The third-order valence-electron chi connectivity index (χ3n) is 3.79. The second kappa shape index (κ2) is 5.98. The van der Waals surface area contributed by atoms with E-state index in [0.717, 1.165) is 19.0 Å². The molecule has 0 bridgehead atoms. The molecule has 0 amide bonds. The SMILES string of the molecule is CCc1ccc(C(C)NCC2CCCN2C)s1. The third-order valence-corrected chi connectivity index (χ3v) is 5.20. The van der Waals surface area contributed by atoms with Gasteiger partial charge in [0.15, 0.2) is 0 Å². The molecule has 0 aliphatic carbocycles. The summed E-state index contributed by atoms with van der Waals surface area (Å²) < 4.78 is 0. The van der Waals surface area contributed by atoms with E-state index in [0.29, 0.717) is 6.04 Å². The van der Waals surface area contributed by atoms with Crippen molar-refractivity contribution in [3.63, 3.8) is 0 Å². The summed E-state index contributed by atoms with van der Waals surface area (Å²) in [5, 5.41) is 3.68. The van der Waals surface area contributed by atoms with Crippen molar-refractivity contribution >= 4 is 11.3 Å². The molecular formula is C14H24N2S. The van der Waals surface area contributed by atoms with Gasteiger partial charge < -0.3 is 10.2 Å². The standard InChI is InChI=1S/C14H24N2S/c1-4-13-7-8-14(17-13)11(2)15-10-12-6-5-9-16(12)3/h7-8,11-12,15H,4-6,9-10H2,1-3H3. The Hall–Kier alpha value is -0.380. The lowest BCUT2D eigenvalue weighted by atomic mass is 10.2. The predicted octanol–water partition coefficient (Wildman–Crippen LogP) is 3.06. The van der Waals surface area contributed by atoms with Gasteiger partial charge in [0.1, 0.15) is 0 Å². The maximum Gasteiger partial charge on any atom is 0.0386 e. The molecule has 0 aromatic carbocycles. The molecule has 17 heavy (non-hydrogen) atoms. The summed E-state index contributed by atoms with van der Waals surface area (Å²) in [4.78, 5) is 5.44. The molecule has 0 saturated carbocycles. The van der Waals surface area contributed by atoms with E-state index in [2.05, 4.69) is 43.2 Å². The Morgan fingerprint density at radius 3 is 2.94 bits per heavy atom. The normalized spacial score (nSPS) is 23.1. The molecule has 2 rings (SSSR count). The van der Waals surface area contributed by atoms with Gasteiger partial charge in [-0.3, -0.25) is 0 Å². The van der Waals surface area contributed by atoms with Gasteiger partial charge >= 0.3 is 0 Å². The summed E-state index contributed by atoms with van der Waals surface area (Å²) >= 11 is 1.95. The second-order valence-corrected chi connectivity index (χ2v) is 6.26. The van der Waals surface area contributed by atoms with E-state index in [1.165, 1.54) is 29.1 Å². The molecule has 96 valence electrons. The lowest BCUT2D eigenvalue weighted by Gasteiger charge is -2.22. The molecule has 1 N–H and O–H groups in total. The van der Waals surface area contributed by atoms with Crippen molar-refractivity contribution in [1.82, 2.24) is 10.2 Å². The van der Waals surface area contributed by atoms with Crippen molar-refractivity contribution in [3.8, 4) is 0 Å². The van der Waals surface area contributed by atoms with E-state index >= 15 is 0 Å². The fraction of sp³-hybridized carbons (Fsp3) is 0.714. The number of thiophene rings is 1. The molecular weight excluding hydrogens is 228 g/mol. The minimum atomic E-state index is 0.495. The molecule has 1 aliphatic heterocycles. The average molecular weight is 252 g/mol. The van der Waals surface area contributed by atoms with Crippen molar-refractivity contribution in [2.45, 2.75) is 45.2 Å². The van der Waals surface area contributed by atoms with Crippen LogP contribution in [0.15, 0.2) is 12.1 Å². The Kier molecular flexibility index (Phi) is 4.60. The lowest BCUT2D eigenvalue weighted by Crippen LogP contribution is -2.36. The summed E-state index contributed by atoms with van der Waals surface area (Å²) in [5.41, 5.74) is 0. The summed E-state index contributed by atoms with van der Waals surface area (Å²) in [6.45, 7) is 6.89. The molecule has 1 aromatic rings. The first-order valence-corrected chi connectivity index (χ1v) is 7.54. The largest absolute Gasteiger partial charge is 0.308 e. The molecule has 2 atom stereocenters. The highest BCUT2D eigenvalue weighted by molar-refractivity contribution is 7.12. The third kappa shape index (κ3) is 3.30. The first-order chi connectivity index (χ1) is 8.20. The van der Waals surface area contributed by atoms with Gasteiger partial charge in [-0.2, -0.15) is 0 Å². The van der Waals surface area contributed by atoms with Crippen LogP contribution < -0.4 is 5.32 Å². The number of likely N-dealkylation sites (tertiary alicyclic amines) is 1. The Balaban J connectivity index is 1.82. The number of aryl methyl sites for hydroxylation is 1. The highest BCUT2D eigenvalue weighted by Crippen LogP contribution is 2.24. The quantitative estimate of drug-likeness (QED) is 0.866. The van der Waals surface area contributed by atoms with Gasteiger partial charge in [-0.15, -0.1) is 11.3 Å². The molecule has 3 heteroatoms. The highest BCUT2D eigenvalue weighted by atomic mass is 32.1. The summed E-state index contributed by atoms with van der Waals surface area (Å²) in [6.07, 6.45) is 3.86. The molecule has 0 radical (unpaired) electrons. The minimum absolute atomic E-state index is 0.495. The number of nitrogens with zero attached hydrogens (tertiary/aromatic N) is 1.